The van der Waals surface area contributed by atoms with Crippen molar-refractivity contribution in [3.8, 4) is 0 Å². The maximum atomic E-state index is 12.5. The highest BCUT2D eigenvalue weighted by Gasteiger charge is 2.26. The molecule has 0 aromatic carbocycles. The smallest absolute Gasteiger partial charge is 0.341 e. The highest BCUT2D eigenvalue weighted by atomic mass is 32.1. The summed E-state index contributed by atoms with van der Waals surface area (Å²) in [7, 11) is 0. The van der Waals surface area contributed by atoms with Gasteiger partial charge in [-0.15, -0.1) is 11.3 Å². The van der Waals surface area contributed by atoms with Gasteiger partial charge in [0.05, 0.1) is 23.6 Å². The molecule has 2 heterocycles. The van der Waals surface area contributed by atoms with E-state index in [0.717, 1.165) is 54.2 Å². The number of nitrogens with one attached hydrogen (secondary N) is 2. The molecule has 0 bridgehead atoms. The number of thiophene rings is 1. The van der Waals surface area contributed by atoms with E-state index in [-0.39, 0.29) is 5.97 Å². The average Bonchev–Trinajstić information content (AvgIpc) is 3.15. The third-order valence-corrected chi connectivity index (χ3v) is 5.81. The van der Waals surface area contributed by atoms with Crippen LogP contribution in [0.3, 0.4) is 0 Å². The predicted octanol–water partition coefficient (Wildman–Crippen LogP) is 4.14. The molecule has 1 aliphatic rings. The van der Waals surface area contributed by atoms with Gasteiger partial charge in [-0.2, -0.15) is 5.10 Å². The second-order valence-corrected chi connectivity index (χ2v) is 7.71. The third kappa shape index (κ3) is 3.91. The average molecular weight is 393 g/mol. The number of hydrogen-bond donors (Lipinski definition) is 2. The van der Waals surface area contributed by atoms with Crippen LogP contribution in [0.1, 0.15) is 53.2 Å². The van der Waals surface area contributed by atoms with Gasteiger partial charge in [-0.3, -0.25) is 4.68 Å². The standard InChI is InChI=1S/C18H24N4O2S2/c1-4-22-10-13(11(3)21-22)19-18(25)20-16-15(17(23)24-5-2)12-8-6-7-9-14(12)26-16/h10H,4-9H2,1-3H3,(H2,19,20,25). The van der Waals surface area contributed by atoms with Crippen LogP contribution in [0.25, 0.3) is 0 Å². The van der Waals surface area contributed by atoms with Crippen molar-refractivity contribution in [3.63, 3.8) is 0 Å². The lowest BCUT2D eigenvalue weighted by molar-refractivity contribution is 0.0526. The van der Waals surface area contributed by atoms with Crippen molar-refractivity contribution in [2.75, 3.05) is 17.2 Å². The summed E-state index contributed by atoms with van der Waals surface area (Å²) < 4.78 is 7.14. The Morgan fingerprint density at radius 3 is 2.81 bits per heavy atom. The molecule has 0 aliphatic heterocycles. The number of ether oxygens (including phenoxy) is 1. The fourth-order valence-corrected chi connectivity index (χ4v) is 4.69. The number of aromatic nitrogens is 2. The quantitative estimate of drug-likeness (QED) is 0.589. The molecule has 0 radical (unpaired) electrons. The zero-order chi connectivity index (χ0) is 18.7. The Kier molecular flexibility index (Phi) is 5.93. The first-order valence-corrected chi connectivity index (χ1v) is 10.2. The maximum absolute atomic E-state index is 12.5. The number of aryl methyl sites for hydroxylation is 3. The molecule has 1 aliphatic carbocycles. The molecule has 26 heavy (non-hydrogen) atoms. The molecule has 0 spiro atoms. The number of rotatable bonds is 5. The van der Waals surface area contributed by atoms with Crippen molar-refractivity contribution in [2.24, 2.45) is 0 Å². The summed E-state index contributed by atoms with van der Waals surface area (Å²) in [6.07, 6.45) is 6.12. The number of anilines is 2. The summed E-state index contributed by atoms with van der Waals surface area (Å²) in [5.74, 6) is -0.271. The number of thiocarbonyl (C=S) groups is 1. The number of carbonyl (C=O) groups is 1. The zero-order valence-corrected chi connectivity index (χ0v) is 17.0. The molecule has 0 fully saturated rings. The van der Waals surface area contributed by atoms with Crippen molar-refractivity contribution >= 4 is 45.3 Å². The lowest BCUT2D eigenvalue weighted by atomic mass is 9.95. The Balaban J connectivity index is 1.82. The van der Waals surface area contributed by atoms with Gasteiger partial charge in [0.25, 0.3) is 0 Å². The van der Waals surface area contributed by atoms with Crippen LogP contribution in [0.2, 0.25) is 0 Å². The number of nitrogens with zero attached hydrogens (tertiary/aromatic N) is 2. The van der Waals surface area contributed by atoms with Crippen LogP contribution in [0.5, 0.6) is 0 Å². The highest BCUT2D eigenvalue weighted by Crippen LogP contribution is 2.38. The van der Waals surface area contributed by atoms with E-state index in [2.05, 4.69) is 15.7 Å². The molecule has 0 saturated heterocycles. The van der Waals surface area contributed by atoms with E-state index < -0.39 is 0 Å². The summed E-state index contributed by atoms with van der Waals surface area (Å²) in [6.45, 7) is 6.96. The lowest BCUT2D eigenvalue weighted by Crippen LogP contribution is -2.20. The van der Waals surface area contributed by atoms with Crippen molar-refractivity contribution in [3.05, 3.63) is 27.9 Å². The van der Waals surface area contributed by atoms with Gasteiger partial charge in [-0.1, -0.05) is 0 Å². The molecule has 3 rings (SSSR count). The molecule has 0 amide bonds. The Hall–Kier alpha value is -1.93. The molecule has 2 aromatic rings. The minimum Gasteiger partial charge on any atom is -0.462 e. The van der Waals surface area contributed by atoms with Gasteiger partial charge < -0.3 is 15.4 Å². The van der Waals surface area contributed by atoms with Crippen LogP contribution < -0.4 is 10.6 Å². The molecular weight excluding hydrogens is 368 g/mol. The van der Waals surface area contributed by atoms with E-state index in [1.807, 2.05) is 31.6 Å². The first-order chi connectivity index (χ1) is 12.5. The highest BCUT2D eigenvalue weighted by molar-refractivity contribution is 7.80. The van der Waals surface area contributed by atoms with Crippen LogP contribution in [-0.4, -0.2) is 27.5 Å². The summed E-state index contributed by atoms with van der Waals surface area (Å²) in [5, 5.41) is 12.0. The fourth-order valence-electron chi connectivity index (χ4n) is 3.13. The molecular formula is C18H24N4O2S2. The summed E-state index contributed by atoms with van der Waals surface area (Å²) in [6, 6.07) is 0. The van der Waals surface area contributed by atoms with Gasteiger partial charge in [0.15, 0.2) is 5.11 Å². The second-order valence-electron chi connectivity index (χ2n) is 6.20. The van der Waals surface area contributed by atoms with Crippen LogP contribution in [0.4, 0.5) is 10.7 Å². The van der Waals surface area contributed by atoms with E-state index in [0.29, 0.717) is 17.3 Å². The largest absolute Gasteiger partial charge is 0.462 e. The van der Waals surface area contributed by atoms with E-state index in [9.17, 15) is 4.79 Å². The number of esters is 1. The second kappa shape index (κ2) is 8.18. The Morgan fingerprint density at radius 1 is 1.35 bits per heavy atom. The monoisotopic (exact) mass is 392 g/mol. The Morgan fingerprint density at radius 2 is 2.12 bits per heavy atom. The van der Waals surface area contributed by atoms with Crippen LogP contribution in [0.15, 0.2) is 6.20 Å². The number of hydrogen-bond acceptors (Lipinski definition) is 5. The number of fused-ring (bicyclic) bond motifs is 1. The van der Waals surface area contributed by atoms with Gasteiger partial charge in [0, 0.05) is 17.6 Å². The number of carbonyl (C=O) groups excluding carboxylic acids is 1. The molecule has 8 heteroatoms. The molecule has 0 saturated carbocycles. The predicted molar refractivity (Wildman–Crippen MR) is 109 cm³/mol. The zero-order valence-electron chi connectivity index (χ0n) is 15.3. The summed E-state index contributed by atoms with van der Waals surface area (Å²) in [4.78, 5) is 13.8. The van der Waals surface area contributed by atoms with Crippen LogP contribution in [0, 0.1) is 6.92 Å². The van der Waals surface area contributed by atoms with Crippen molar-refractivity contribution in [1.29, 1.82) is 0 Å². The lowest BCUT2D eigenvalue weighted by Gasteiger charge is -2.13. The Labute approximate surface area is 162 Å². The van der Waals surface area contributed by atoms with Gasteiger partial charge in [0.1, 0.15) is 5.00 Å². The Bertz CT molecular complexity index is 826. The first-order valence-electron chi connectivity index (χ1n) is 8.97. The topological polar surface area (TPSA) is 68.2 Å². The summed E-state index contributed by atoms with van der Waals surface area (Å²) >= 11 is 7.08. The van der Waals surface area contributed by atoms with Crippen molar-refractivity contribution < 1.29 is 9.53 Å². The minimum atomic E-state index is -0.271. The van der Waals surface area contributed by atoms with Crippen LogP contribution >= 0.6 is 23.6 Å². The first kappa shape index (κ1) is 18.8. The van der Waals surface area contributed by atoms with Gasteiger partial charge in [-0.05, 0) is 64.2 Å². The van der Waals surface area contributed by atoms with Gasteiger partial charge in [0.2, 0.25) is 0 Å². The fraction of sp³-hybridized carbons (Fsp3) is 0.500. The van der Waals surface area contributed by atoms with Gasteiger partial charge in [-0.25, -0.2) is 4.79 Å². The minimum absolute atomic E-state index is 0.271. The third-order valence-electron chi connectivity index (χ3n) is 4.40. The van der Waals surface area contributed by atoms with Crippen molar-refractivity contribution in [1.82, 2.24) is 9.78 Å². The molecule has 140 valence electrons. The summed E-state index contributed by atoms with van der Waals surface area (Å²) in [5.41, 5.74) is 3.52. The molecule has 2 N–H and O–H groups in total. The van der Waals surface area contributed by atoms with E-state index in [1.165, 1.54) is 4.88 Å². The molecule has 0 atom stereocenters. The maximum Gasteiger partial charge on any atom is 0.341 e. The molecule has 2 aromatic heterocycles. The van der Waals surface area contributed by atoms with Crippen LogP contribution in [-0.2, 0) is 24.1 Å². The van der Waals surface area contributed by atoms with E-state index >= 15 is 0 Å². The van der Waals surface area contributed by atoms with Crippen molar-refractivity contribution in [2.45, 2.75) is 53.0 Å². The molecule has 6 nitrogen and oxygen atoms in total. The SMILES string of the molecule is CCOC(=O)c1c(NC(=S)Nc2cn(CC)nc2C)sc2c1CCCC2. The van der Waals surface area contributed by atoms with Gasteiger partial charge >= 0.3 is 5.97 Å². The molecule has 0 unspecified atom stereocenters. The normalized spacial score (nSPS) is 13.2. The van der Waals surface area contributed by atoms with E-state index in [4.69, 9.17) is 17.0 Å². The van der Waals surface area contributed by atoms with E-state index in [1.54, 1.807) is 11.3 Å².